The Morgan fingerprint density at radius 1 is 1.12 bits per heavy atom. The van der Waals surface area contributed by atoms with Gasteiger partial charge < -0.3 is 10.4 Å². The number of rotatable bonds is 6. The average Bonchev–Trinajstić information content (AvgIpc) is 3.02. The molecule has 0 spiro atoms. The minimum Gasteiger partial charge on any atom is -0.396 e. The average molecular weight is 325 g/mol. The van der Waals surface area contributed by atoms with Crippen LogP contribution in [-0.2, 0) is 0 Å². The number of aliphatic hydroxyl groups is 1. The van der Waals surface area contributed by atoms with Crippen LogP contribution >= 0.6 is 0 Å². The number of carbonyl (C=O) groups is 1. The molecule has 3 aromatic rings. The van der Waals surface area contributed by atoms with E-state index >= 15 is 0 Å². The van der Waals surface area contributed by atoms with Crippen molar-refractivity contribution < 1.29 is 9.90 Å². The number of hydrogen-bond donors (Lipinski definition) is 3. The molecule has 124 valence electrons. The molecular formula is C17H19N5O2. The van der Waals surface area contributed by atoms with Crippen LogP contribution in [0.2, 0.25) is 0 Å². The lowest BCUT2D eigenvalue weighted by atomic mass is 9.96. The van der Waals surface area contributed by atoms with Crippen LogP contribution in [0.25, 0.3) is 5.65 Å². The highest BCUT2D eigenvalue weighted by molar-refractivity contribution is 5.87. The Morgan fingerprint density at radius 2 is 1.92 bits per heavy atom. The van der Waals surface area contributed by atoms with E-state index in [0.29, 0.717) is 24.6 Å². The minimum atomic E-state index is -0.355. The fourth-order valence-corrected chi connectivity index (χ4v) is 2.56. The molecule has 7 heteroatoms. The summed E-state index contributed by atoms with van der Waals surface area (Å²) in [5.74, 6) is 0.415. The van der Waals surface area contributed by atoms with Gasteiger partial charge in [0.2, 0.25) is 5.95 Å². The Morgan fingerprint density at radius 3 is 2.71 bits per heavy atom. The Bertz CT molecular complexity index is 803. The summed E-state index contributed by atoms with van der Waals surface area (Å²) in [5, 5.41) is 22.7. The van der Waals surface area contributed by atoms with Crippen molar-refractivity contribution in [2.24, 2.45) is 0 Å². The molecule has 2 heterocycles. The lowest BCUT2D eigenvalue weighted by Crippen LogP contribution is -2.33. The van der Waals surface area contributed by atoms with Crippen LogP contribution < -0.4 is 10.6 Å². The molecule has 0 bridgehead atoms. The maximum Gasteiger partial charge on any atom is 0.321 e. The predicted molar refractivity (Wildman–Crippen MR) is 90.9 cm³/mol. The molecule has 1 unspecified atom stereocenters. The van der Waals surface area contributed by atoms with Crippen LogP contribution in [0.4, 0.5) is 10.7 Å². The van der Waals surface area contributed by atoms with Gasteiger partial charge >= 0.3 is 6.03 Å². The Hall–Kier alpha value is -2.93. The summed E-state index contributed by atoms with van der Waals surface area (Å²) in [6.07, 6.45) is 2.36. The van der Waals surface area contributed by atoms with E-state index in [-0.39, 0.29) is 18.6 Å². The molecule has 24 heavy (non-hydrogen) atoms. The SMILES string of the molecule is O=C(NCC(CCO)c1ccccc1)Nc1nnc2ccccn12. The fourth-order valence-electron chi connectivity index (χ4n) is 2.56. The lowest BCUT2D eigenvalue weighted by Gasteiger charge is -2.17. The number of aromatic nitrogens is 3. The molecule has 1 atom stereocenters. The highest BCUT2D eigenvalue weighted by Gasteiger charge is 2.14. The summed E-state index contributed by atoms with van der Waals surface area (Å²) >= 11 is 0. The molecule has 2 aromatic heterocycles. The molecule has 0 saturated carbocycles. The number of nitrogens with zero attached hydrogens (tertiary/aromatic N) is 3. The van der Waals surface area contributed by atoms with E-state index in [9.17, 15) is 9.90 Å². The Balaban J connectivity index is 1.62. The summed E-state index contributed by atoms with van der Waals surface area (Å²) in [4.78, 5) is 12.1. The van der Waals surface area contributed by atoms with Crippen molar-refractivity contribution >= 4 is 17.6 Å². The van der Waals surface area contributed by atoms with Crippen LogP contribution in [0.5, 0.6) is 0 Å². The number of pyridine rings is 1. The first-order valence-corrected chi connectivity index (χ1v) is 7.78. The number of fused-ring (bicyclic) bond motifs is 1. The van der Waals surface area contributed by atoms with Crippen LogP contribution in [0, 0.1) is 0 Å². The molecule has 0 radical (unpaired) electrons. The van der Waals surface area contributed by atoms with E-state index < -0.39 is 0 Å². The second kappa shape index (κ2) is 7.56. The third kappa shape index (κ3) is 3.69. The zero-order valence-corrected chi connectivity index (χ0v) is 13.1. The van der Waals surface area contributed by atoms with Gasteiger partial charge in [0.15, 0.2) is 5.65 Å². The van der Waals surface area contributed by atoms with Gasteiger partial charge in [-0.25, -0.2) is 4.79 Å². The van der Waals surface area contributed by atoms with Crippen LogP contribution in [0.15, 0.2) is 54.7 Å². The molecule has 0 aliphatic carbocycles. The monoisotopic (exact) mass is 325 g/mol. The Labute approximate surface area is 139 Å². The van der Waals surface area contributed by atoms with Crippen molar-refractivity contribution in [3.8, 4) is 0 Å². The van der Waals surface area contributed by atoms with Crippen molar-refractivity contribution in [1.82, 2.24) is 19.9 Å². The van der Waals surface area contributed by atoms with Gasteiger partial charge in [-0.15, -0.1) is 10.2 Å². The minimum absolute atomic E-state index is 0.0529. The largest absolute Gasteiger partial charge is 0.396 e. The van der Waals surface area contributed by atoms with Gasteiger partial charge in [0.25, 0.3) is 0 Å². The normalized spacial score (nSPS) is 12.0. The second-order valence-electron chi connectivity index (χ2n) is 5.41. The topological polar surface area (TPSA) is 91.5 Å². The number of benzene rings is 1. The van der Waals surface area contributed by atoms with Crippen LogP contribution in [-0.4, -0.2) is 38.9 Å². The van der Waals surface area contributed by atoms with Crippen molar-refractivity contribution in [2.45, 2.75) is 12.3 Å². The first-order valence-electron chi connectivity index (χ1n) is 7.78. The number of nitrogens with one attached hydrogen (secondary N) is 2. The summed E-state index contributed by atoms with van der Waals surface area (Å²) in [6.45, 7) is 0.491. The van der Waals surface area contributed by atoms with E-state index in [1.807, 2.05) is 48.5 Å². The quantitative estimate of drug-likeness (QED) is 0.646. The number of aliphatic hydroxyl groups excluding tert-OH is 1. The van der Waals surface area contributed by atoms with Gasteiger partial charge in [-0.1, -0.05) is 36.4 Å². The van der Waals surface area contributed by atoms with Gasteiger partial charge in [-0.05, 0) is 24.1 Å². The maximum absolute atomic E-state index is 12.1. The van der Waals surface area contributed by atoms with Crippen LogP contribution in [0.3, 0.4) is 0 Å². The fraction of sp³-hybridized carbons (Fsp3) is 0.235. The molecule has 0 aliphatic heterocycles. The first kappa shape index (κ1) is 15.9. The standard InChI is InChI=1S/C17H19N5O2/c23-11-9-14(13-6-2-1-3-7-13)12-18-17(24)19-16-21-20-15-8-4-5-10-22(15)16/h1-8,10,14,23H,9,11-12H2,(H2,18,19,21,24). The summed E-state index contributed by atoms with van der Waals surface area (Å²) < 4.78 is 1.70. The summed E-state index contributed by atoms with van der Waals surface area (Å²) in [6, 6.07) is 15.0. The molecule has 3 rings (SSSR count). The molecule has 2 amide bonds. The second-order valence-corrected chi connectivity index (χ2v) is 5.41. The van der Waals surface area contributed by atoms with E-state index in [4.69, 9.17) is 0 Å². The van der Waals surface area contributed by atoms with Crippen molar-refractivity contribution in [2.75, 3.05) is 18.5 Å². The number of urea groups is 1. The zero-order valence-electron chi connectivity index (χ0n) is 13.1. The van der Waals surface area contributed by atoms with Gasteiger partial charge in [-0.2, -0.15) is 0 Å². The smallest absolute Gasteiger partial charge is 0.321 e. The summed E-state index contributed by atoms with van der Waals surface area (Å²) in [5.41, 5.74) is 1.75. The number of hydrogen-bond acceptors (Lipinski definition) is 4. The molecule has 0 aliphatic rings. The van der Waals surface area contributed by atoms with E-state index in [1.54, 1.807) is 10.6 Å². The third-order valence-electron chi connectivity index (χ3n) is 3.80. The number of anilines is 1. The van der Waals surface area contributed by atoms with E-state index in [0.717, 1.165) is 5.56 Å². The van der Waals surface area contributed by atoms with Gasteiger partial charge in [-0.3, -0.25) is 9.72 Å². The van der Waals surface area contributed by atoms with Crippen molar-refractivity contribution in [3.05, 3.63) is 60.3 Å². The molecule has 3 N–H and O–H groups in total. The van der Waals surface area contributed by atoms with Gasteiger partial charge in [0.1, 0.15) is 0 Å². The number of amides is 2. The highest BCUT2D eigenvalue weighted by atomic mass is 16.3. The highest BCUT2D eigenvalue weighted by Crippen LogP contribution is 2.18. The predicted octanol–water partition coefficient (Wildman–Crippen LogP) is 2.02. The molecule has 0 saturated heterocycles. The zero-order chi connectivity index (χ0) is 16.8. The molecule has 0 fully saturated rings. The summed E-state index contributed by atoms with van der Waals surface area (Å²) in [7, 11) is 0. The lowest BCUT2D eigenvalue weighted by molar-refractivity contribution is 0.248. The van der Waals surface area contributed by atoms with Crippen LogP contribution in [0.1, 0.15) is 17.9 Å². The van der Waals surface area contributed by atoms with Crippen molar-refractivity contribution in [3.63, 3.8) is 0 Å². The molecule has 7 nitrogen and oxygen atoms in total. The Kier molecular flexibility index (Phi) is 5.02. The number of carbonyl (C=O) groups excluding carboxylic acids is 1. The van der Waals surface area contributed by atoms with E-state index in [1.165, 1.54) is 0 Å². The van der Waals surface area contributed by atoms with Gasteiger partial charge in [0.05, 0.1) is 0 Å². The first-order chi connectivity index (χ1) is 11.8. The van der Waals surface area contributed by atoms with Crippen molar-refractivity contribution in [1.29, 1.82) is 0 Å². The third-order valence-corrected chi connectivity index (χ3v) is 3.80. The molecular weight excluding hydrogens is 306 g/mol. The van der Waals surface area contributed by atoms with E-state index in [2.05, 4.69) is 20.8 Å². The molecule has 1 aromatic carbocycles. The maximum atomic E-state index is 12.1. The van der Waals surface area contributed by atoms with Gasteiger partial charge in [0, 0.05) is 25.3 Å².